The summed E-state index contributed by atoms with van der Waals surface area (Å²) in [6, 6.07) is 4.45. The van der Waals surface area contributed by atoms with Gasteiger partial charge in [-0.2, -0.15) is 0 Å². The van der Waals surface area contributed by atoms with Gasteiger partial charge in [0, 0.05) is 6.42 Å². The van der Waals surface area contributed by atoms with Crippen molar-refractivity contribution in [1.29, 1.82) is 0 Å². The summed E-state index contributed by atoms with van der Waals surface area (Å²) in [6.07, 6.45) is 0.518. The normalized spacial score (nSPS) is 9.86. The summed E-state index contributed by atoms with van der Waals surface area (Å²) in [5, 5.41) is 0. The molecule has 0 bridgehead atoms. The molecule has 0 radical (unpaired) electrons. The van der Waals surface area contributed by atoms with Gasteiger partial charge in [-0.1, -0.05) is 12.2 Å². The third kappa shape index (κ3) is 3.59. The lowest BCUT2D eigenvalue weighted by molar-refractivity contribution is 0.328. The zero-order chi connectivity index (χ0) is 10.6. The maximum Gasteiger partial charge on any atom is 0.137 e. The van der Waals surface area contributed by atoms with E-state index in [0.29, 0.717) is 28.2 Å². The van der Waals surface area contributed by atoms with Crippen LogP contribution in [0.4, 0.5) is 4.39 Å². The molecule has 76 valence electrons. The molecule has 0 aliphatic rings. The molecule has 0 atom stereocenters. The Morgan fingerprint density at radius 1 is 1.57 bits per heavy atom. The second-order valence-corrected chi connectivity index (χ2v) is 4.02. The van der Waals surface area contributed by atoms with Gasteiger partial charge in [-0.3, -0.25) is 0 Å². The minimum Gasteiger partial charge on any atom is -0.493 e. The predicted molar refractivity (Wildman–Crippen MR) is 61.0 cm³/mol. The maximum absolute atomic E-state index is 12.8. The monoisotopic (exact) mass is 277 g/mol. The smallest absolute Gasteiger partial charge is 0.137 e. The molecule has 0 aromatic heterocycles. The topological polar surface area (TPSA) is 35.2 Å². The van der Waals surface area contributed by atoms with Gasteiger partial charge in [0.05, 0.1) is 16.1 Å². The Morgan fingerprint density at radius 2 is 2.29 bits per heavy atom. The SMILES string of the molecule is NC(=S)CCOc1ccc(F)c(Br)c1. The highest BCUT2D eigenvalue weighted by atomic mass is 79.9. The third-order valence-corrected chi connectivity index (χ3v) is 2.32. The van der Waals surface area contributed by atoms with Gasteiger partial charge in [0.1, 0.15) is 11.6 Å². The van der Waals surface area contributed by atoms with Gasteiger partial charge >= 0.3 is 0 Å². The van der Waals surface area contributed by atoms with Gasteiger partial charge in [-0.15, -0.1) is 0 Å². The van der Waals surface area contributed by atoms with Gasteiger partial charge in [0.2, 0.25) is 0 Å². The molecule has 0 amide bonds. The molecule has 1 rings (SSSR count). The van der Waals surface area contributed by atoms with Crippen LogP contribution >= 0.6 is 28.1 Å². The van der Waals surface area contributed by atoms with E-state index in [-0.39, 0.29) is 5.82 Å². The zero-order valence-electron chi connectivity index (χ0n) is 7.30. The first-order valence-electron chi connectivity index (χ1n) is 3.96. The molecule has 1 aromatic rings. The minimum atomic E-state index is -0.313. The van der Waals surface area contributed by atoms with Crippen LogP contribution in [0.2, 0.25) is 0 Å². The predicted octanol–water partition coefficient (Wildman–Crippen LogP) is 2.64. The molecule has 2 N–H and O–H groups in total. The van der Waals surface area contributed by atoms with Crippen molar-refractivity contribution in [2.24, 2.45) is 5.73 Å². The van der Waals surface area contributed by atoms with E-state index in [1.165, 1.54) is 6.07 Å². The Balaban J connectivity index is 2.51. The van der Waals surface area contributed by atoms with E-state index in [4.69, 9.17) is 10.5 Å². The van der Waals surface area contributed by atoms with E-state index < -0.39 is 0 Å². The summed E-state index contributed by atoms with van der Waals surface area (Å²) >= 11 is 7.75. The summed E-state index contributed by atoms with van der Waals surface area (Å²) in [4.78, 5) is 0.408. The number of thiocarbonyl (C=S) groups is 1. The molecule has 1 aromatic carbocycles. The van der Waals surface area contributed by atoms with Gasteiger partial charge in [0.15, 0.2) is 0 Å². The lowest BCUT2D eigenvalue weighted by Crippen LogP contribution is -2.12. The molecule has 2 nitrogen and oxygen atoms in total. The first kappa shape index (κ1) is 11.4. The first-order valence-corrected chi connectivity index (χ1v) is 5.16. The molecule has 0 spiro atoms. The van der Waals surface area contributed by atoms with Crippen LogP contribution in [-0.2, 0) is 0 Å². The second-order valence-electron chi connectivity index (χ2n) is 2.64. The molecular weight excluding hydrogens is 269 g/mol. The van der Waals surface area contributed by atoms with Crippen molar-refractivity contribution in [3.05, 3.63) is 28.5 Å². The van der Waals surface area contributed by atoms with Crippen molar-refractivity contribution in [3.63, 3.8) is 0 Å². The quantitative estimate of drug-likeness (QED) is 0.860. The number of nitrogens with two attached hydrogens (primary N) is 1. The highest BCUT2D eigenvalue weighted by Gasteiger charge is 2.00. The number of hydrogen-bond acceptors (Lipinski definition) is 2. The summed E-state index contributed by atoms with van der Waals surface area (Å²) in [6.45, 7) is 0.410. The summed E-state index contributed by atoms with van der Waals surface area (Å²) in [7, 11) is 0. The molecule has 0 aliphatic carbocycles. The number of hydrogen-bond donors (Lipinski definition) is 1. The van der Waals surface area contributed by atoms with Crippen molar-refractivity contribution in [2.75, 3.05) is 6.61 Å². The van der Waals surface area contributed by atoms with Crippen molar-refractivity contribution in [3.8, 4) is 5.75 Å². The number of rotatable bonds is 4. The van der Waals surface area contributed by atoms with Gasteiger partial charge in [-0.25, -0.2) is 4.39 Å². The molecule has 0 heterocycles. The summed E-state index contributed by atoms with van der Waals surface area (Å²) < 4.78 is 18.5. The Morgan fingerprint density at radius 3 is 2.86 bits per heavy atom. The number of halogens is 2. The van der Waals surface area contributed by atoms with Crippen LogP contribution in [0.25, 0.3) is 0 Å². The Bertz CT molecular complexity index is 346. The van der Waals surface area contributed by atoms with Crippen LogP contribution in [0.15, 0.2) is 22.7 Å². The Hall–Kier alpha value is -0.680. The molecule has 0 aliphatic heterocycles. The summed E-state index contributed by atoms with van der Waals surface area (Å²) in [5.74, 6) is 0.279. The standard InChI is InChI=1S/C9H9BrFNOS/c10-7-5-6(1-2-8(7)11)13-4-3-9(12)14/h1-2,5H,3-4H2,(H2,12,14). The fraction of sp³-hybridized carbons (Fsp3) is 0.222. The van der Waals surface area contributed by atoms with Crippen molar-refractivity contribution in [2.45, 2.75) is 6.42 Å². The number of benzene rings is 1. The Kier molecular flexibility index (Phi) is 4.28. The minimum absolute atomic E-state index is 0.313. The Labute approximate surface area is 95.4 Å². The van der Waals surface area contributed by atoms with Crippen LogP contribution < -0.4 is 10.5 Å². The van der Waals surface area contributed by atoms with E-state index >= 15 is 0 Å². The fourth-order valence-corrected chi connectivity index (χ4v) is 1.28. The molecule has 0 fully saturated rings. The van der Waals surface area contributed by atoms with Gasteiger partial charge in [-0.05, 0) is 34.1 Å². The van der Waals surface area contributed by atoms with Crippen LogP contribution in [0.5, 0.6) is 5.75 Å². The van der Waals surface area contributed by atoms with Crippen LogP contribution in [-0.4, -0.2) is 11.6 Å². The first-order chi connectivity index (χ1) is 6.59. The van der Waals surface area contributed by atoms with E-state index in [1.54, 1.807) is 12.1 Å². The number of ether oxygens (including phenoxy) is 1. The van der Waals surface area contributed by atoms with Crippen LogP contribution in [0, 0.1) is 5.82 Å². The molecule has 14 heavy (non-hydrogen) atoms. The average molecular weight is 278 g/mol. The lowest BCUT2D eigenvalue weighted by Gasteiger charge is -2.05. The lowest BCUT2D eigenvalue weighted by atomic mass is 10.3. The highest BCUT2D eigenvalue weighted by molar-refractivity contribution is 9.10. The van der Waals surface area contributed by atoms with Gasteiger partial charge in [0.25, 0.3) is 0 Å². The molecule has 0 unspecified atom stereocenters. The maximum atomic E-state index is 12.8. The van der Waals surface area contributed by atoms with Crippen LogP contribution in [0.3, 0.4) is 0 Å². The fourth-order valence-electron chi connectivity index (χ4n) is 0.836. The largest absolute Gasteiger partial charge is 0.493 e. The zero-order valence-corrected chi connectivity index (χ0v) is 9.70. The summed E-state index contributed by atoms with van der Waals surface area (Å²) in [5.41, 5.74) is 5.29. The van der Waals surface area contributed by atoms with E-state index in [0.717, 1.165) is 0 Å². The van der Waals surface area contributed by atoms with E-state index in [2.05, 4.69) is 28.1 Å². The molecule has 0 saturated heterocycles. The van der Waals surface area contributed by atoms with Crippen molar-refractivity contribution < 1.29 is 9.13 Å². The second kappa shape index (κ2) is 5.26. The molecule has 5 heteroatoms. The van der Waals surface area contributed by atoms with Crippen molar-refractivity contribution in [1.82, 2.24) is 0 Å². The third-order valence-electron chi connectivity index (χ3n) is 1.51. The highest BCUT2D eigenvalue weighted by Crippen LogP contribution is 2.21. The molecule has 0 saturated carbocycles. The average Bonchev–Trinajstić information content (AvgIpc) is 2.10. The van der Waals surface area contributed by atoms with E-state index in [1.807, 2.05) is 0 Å². The van der Waals surface area contributed by atoms with E-state index in [9.17, 15) is 4.39 Å². The van der Waals surface area contributed by atoms with Crippen LogP contribution in [0.1, 0.15) is 6.42 Å². The van der Waals surface area contributed by atoms with Crippen molar-refractivity contribution >= 4 is 33.1 Å². The molecular formula is C9H9BrFNOS. The van der Waals surface area contributed by atoms with Gasteiger partial charge < -0.3 is 10.5 Å².